The standard InChI is InChI=1S/C15H33N3O9P2/c1-5-11(16)13(20)17-9-7-6-8-12(10(2)19)18-14(3,4)15(21,28(22,23)24)29(25,26)27/h11-12,18,21H,5-9,16H2,1-4H3,(H,17,20)(H2,22,23,24)(H2,25,26,27). The van der Waals surface area contributed by atoms with Gasteiger partial charge in [-0.2, -0.15) is 0 Å². The Labute approximate surface area is 170 Å². The molecule has 0 heterocycles. The molecule has 0 aromatic rings. The Morgan fingerprint density at radius 2 is 1.55 bits per heavy atom. The molecular weight excluding hydrogens is 428 g/mol. The van der Waals surface area contributed by atoms with Gasteiger partial charge >= 0.3 is 15.2 Å². The fraction of sp³-hybridized carbons (Fsp3) is 0.867. The van der Waals surface area contributed by atoms with E-state index in [2.05, 4.69) is 10.6 Å². The van der Waals surface area contributed by atoms with Gasteiger partial charge in [-0.05, 0) is 46.5 Å². The van der Waals surface area contributed by atoms with E-state index in [1.807, 2.05) is 0 Å². The zero-order chi connectivity index (χ0) is 23.3. The summed E-state index contributed by atoms with van der Waals surface area (Å²) < 4.78 is 23.4. The van der Waals surface area contributed by atoms with E-state index in [-0.39, 0.29) is 12.3 Å². The Bertz CT molecular complexity index is 652. The molecule has 9 N–H and O–H groups in total. The predicted octanol–water partition coefficient (Wildman–Crippen LogP) is -0.662. The fourth-order valence-corrected chi connectivity index (χ4v) is 5.75. The lowest BCUT2D eigenvalue weighted by Gasteiger charge is -2.44. The van der Waals surface area contributed by atoms with Gasteiger partial charge in [-0.15, -0.1) is 0 Å². The molecule has 0 radical (unpaired) electrons. The summed E-state index contributed by atoms with van der Waals surface area (Å²) in [6.45, 7) is 5.26. The quantitative estimate of drug-likeness (QED) is 0.127. The van der Waals surface area contributed by atoms with E-state index in [1.165, 1.54) is 6.92 Å². The van der Waals surface area contributed by atoms with Crippen LogP contribution in [0.5, 0.6) is 0 Å². The lowest BCUT2D eigenvalue weighted by molar-refractivity contribution is -0.122. The monoisotopic (exact) mass is 461 g/mol. The summed E-state index contributed by atoms with van der Waals surface area (Å²) in [7, 11) is -11.4. The van der Waals surface area contributed by atoms with Crippen molar-refractivity contribution in [3.8, 4) is 0 Å². The highest BCUT2D eigenvalue weighted by atomic mass is 31.2. The third-order valence-electron chi connectivity index (χ3n) is 4.67. The number of ketones is 1. The zero-order valence-electron chi connectivity index (χ0n) is 17.0. The van der Waals surface area contributed by atoms with Crippen LogP contribution in [0.2, 0.25) is 0 Å². The van der Waals surface area contributed by atoms with E-state index < -0.39 is 43.7 Å². The van der Waals surface area contributed by atoms with Crippen molar-refractivity contribution in [3.63, 3.8) is 0 Å². The number of nitrogens with two attached hydrogens (primary N) is 1. The molecule has 2 atom stereocenters. The van der Waals surface area contributed by atoms with Crippen LogP contribution >= 0.6 is 15.2 Å². The molecule has 2 unspecified atom stereocenters. The van der Waals surface area contributed by atoms with E-state index in [4.69, 9.17) is 5.73 Å². The van der Waals surface area contributed by atoms with Gasteiger partial charge in [0.05, 0.1) is 17.6 Å². The number of carbonyl (C=O) groups excluding carboxylic acids is 2. The molecular formula is C15H33N3O9P2. The lowest BCUT2D eigenvalue weighted by atomic mass is 9.99. The molecule has 0 fully saturated rings. The maximum Gasteiger partial charge on any atom is 0.371 e. The van der Waals surface area contributed by atoms with Crippen LogP contribution in [-0.2, 0) is 18.7 Å². The van der Waals surface area contributed by atoms with Crippen LogP contribution in [0, 0.1) is 0 Å². The third kappa shape index (κ3) is 7.20. The molecule has 1 amide bonds. The first kappa shape index (κ1) is 28.3. The van der Waals surface area contributed by atoms with Crippen LogP contribution in [0.25, 0.3) is 0 Å². The van der Waals surface area contributed by atoms with Crippen molar-refractivity contribution in [2.75, 3.05) is 6.54 Å². The number of hydrogen-bond donors (Lipinski definition) is 8. The third-order valence-corrected chi connectivity index (χ3v) is 8.98. The van der Waals surface area contributed by atoms with Gasteiger partial charge < -0.3 is 35.7 Å². The molecule has 0 aliphatic carbocycles. The number of rotatable bonds is 13. The molecule has 0 rings (SSSR count). The van der Waals surface area contributed by atoms with Crippen LogP contribution in [0.4, 0.5) is 0 Å². The predicted molar refractivity (Wildman–Crippen MR) is 106 cm³/mol. The molecule has 0 aromatic heterocycles. The van der Waals surface area contributed by atoms with Gasteiger partial charge in [-0.25, -0.2) is 0 Å². The fourth-order valence-electron chi connectivity index (χ4n) is 2.81. The highest BCUT2D eigenvalue weighted by Crippen LogP contribution is 2.71. The molecule has 0 bridgehead atoms. The highest BCUT2D eigenvalue weighted by Gasteiger charge is 2.68. The maximum atomic E-state index is 11.9. The Hall–Kier alpha value is -0.680. The SMILES string of the molecule is CCC(N)C(=O)NCCCCC(NC(C)(C)C(O)(P(=O)(O)O)P(=O)(O)O)C(C)=O. The van der Waals surface area contributed by atoms with Crippen LogP contribution in [0.1, 0.15) is 53.4 Å². The Morgan fingerprint density at radius 1 is 1.07 bits per heavy atom. The van der Waals surface area contributed by atoms with Crippen molar-refractivity contribution < 1.29 is 43.4 Å². The Kier molecular flexibility index (Phi) is 10.3. The number of aliphatic hydroxyl groups is 1. The van der Waals surface area contributed by atoms with Crippen molar-refractivity contribution in [2.24, 2.45) is 5.73 Å². The van der Waals surface area contributed by atoms with Gasteiger partial charge in [0.25, 0.3) is 5.08 Å². The average molecular weight is 461 g/mol. The Balaban J connectivity index is 5.15. The molecule has 0 saturated heterocycles. The summed E-state index contributed by atoms with van der Waals surface area (Å²) in [4.78, 5) is 61.2. The first-order valence-electron chi connectivity index (χ1n) is 9.07. The summed E-state index contributed by atoms with van der Waals surface area (Å²) in [6, 6.07) is -1.65. The number of unbranched alkanes of at least 4 members (excludes halogenated alkanes) is 1. The number of amides is 1. The van der Waals surface area contributed by atoms with Crippen LogP contribution < -0.4 is 16.4 Å². The summed E-state index contributed by atoms with van der Waals surface area (Å²) in [5.41, 5.74) is 3.36. The van der Waals surface area contributed by atoms with E-state index in [0.29, 0.717) is 25.8 Å². The van der Waals surface area contributed by atoms with Crippen molar-refractivity contribution in [2.45, 2.75) is 76.1 Å². The minimum Gasteiger partial charge on any atom is -0.366 e. The summed E-state index contributed by atoms with van der Waals surface area (Å²) in [5.74, 6) is -0.753. The maximum absolute atomic E-state index is 11.9. The van der Waals surface area contributed by atoms with Crippen molar-refractivity contribution in [3.05, 3.63) is 0 Å². The van der Waals surface area contributed by atoms with E-state index >= 15 is 0 Å². The van der Waals surface area contributed by atoms with Crippen molar-refractivity contribution in [1.29, 1.82) is 0 Å². The van der Waals surface area contributed by atoms with Crippen LogP contribution in [0.15, 0.2) is 0 Å². The van der Waals surface area contributed by atoms with Gasteiger partial charge in [-0.3, -0.25) is 24.0 Å². The van der Waals surface area contributed by atoms with E-state index in [9.17, 15) is 43.4 Å². The summed E-state index contributed by atoms with van der Waals surface area (Å²) in [5, 5.41) is 11.7. The van der Waals surface area contributed by atoms with Gasteiger partial charge in [0.15, 0.2) is 0 Å². The molecule has 0 aliphatic rings. The van der Waals surface area contributed by atoms with Crippen LogP contribution in [0.3, 0.4) is 0 Å². The second-order valence-corrected chi connectivity index (χ2v) is 11.3. The van der Waals surface area contributed by atoms with Crippen molar-refractivity contribution in [1.82, 2.24) is 10.6 Å². The van der Waals surface area contributed by atoms with E-state index in [0.717, 1.165) is 13.8 Å². The molecule has 172 valence electrons. The topological polar surface area (TPSA) is 220 Å². The zero-order valence-corrected chi connectivity index (χ0v) is 18.8. The molecule has 29 heavy (non-hydrogen) atoms. The number of carbonyl (C=O) groups is 2. The second-order valence-electron chi connectivity index (χ2n) is 7.46. The number of Topliss-reactive ketones (excluding diaryl/α,β-unsaturated/α-hetero) is 1. The largest absolute Gasteiger partial charge is 0.371 e. The number of hydrogen-bond acceptors (Lipinski definition) is 7. The molecule has 0 spiro atoms. The first-order chi connectivity index (χ1) is 12.9. The van der Waals surface area contributed by atoms with E-state index in [1.54, 1.807) is 6.92 Å². The van der Waals surface area contributed by atoms with Gasteiger partial charge in [0.1, 0.15) is 5.78 Å². The van der Waals surface area contributed by atoms with Crippen LogP contribution in [-0.4, -0.2) is 65.6 Å². The van der Waals surface area contributed by atoms with Gasteiger partial charge in [0.2, 0.25) is 5.91 Å². The molecule has 12 nitrogen and oxygen atoms in total. The smallest absolute Gasteiger partial charge is 0.366 e. The second kappa shape index (κ2) is 10.6. The minimum absolute atomic E-state index is 0.146. The van der Waals surface area contributed by atoms with Crippen molar-refractivity contribution >= 4 is 26.9 Å². The highest BCUT2D eigenvalue weighted by molar-refractivity contribution is 7.72. The normalized spacial score (nSPS) is 15.7. The average Bonchev–Trinajstić information content (AvgIpc) is 2.56. The first-order valence-corrected chi connectivity index (χ1v) is 12.3. The molecule has 0 aromatic carbocycles. The van der Waals surface area contributed by atoms with Gasteiger partial charge in [-0.1, -0.05) is 6.92 Å². The number of nitrogens with one attached hydrogen (secondary N) is 2. The molecule has 0 aliphatic heterocycles. The Morgan fingerprint density at radius 3 is 1.93 bits per heavy atom. The summed E-state index contributed by atoms with van der Waals surface area (Å²) in [6.07, 6.45) is 1.50. The summed E-state index contributed by atoms with van der Waals surface area (Å²) >= 11 is 0. The lowest BCUT2D eigenvalue weighted by Crippen LogP contribution is -2.62. The van der Waals surface area contributed by atoms with Gasteiger partial charge in [0, 0.05) is 6.54 Å². The minimum atomic E-state index is -5.72. The molecule has 14 heteroatoms. The molecule has 0 saturated carbocycles.